The van der Waals surface area contributed by atoms with Crippen molar-refractivity contribution < 1.29 is 4.42 Å². The molecule has 1 heterocycles. The van der Waals surface area contributed by atoms with Gasteiger partial charge in [0.25, 0.3) is 0 Å². The molecular weight excluding hydrogens is 693 g/mol. The fourth-order valence-corrected chi connectivity index (χ4v) is 7.99. The zero-order chi connectivity index (χ0) is 38.0. The number of anilines is 6. The first-order valence-corrected chi connectivity index (χ1v) is 19.3. The average Bonchev–Trinajstić information content (AvgIpc) is 3.68. The molecule has 0 unspecified atom stereocenters. The quantitative estimate of drug-likeness (QED) is 0.147. The molecule has 0 N–H and O–H groups in total. The topological polar surface area (TPSA) is 19.6 Å². The third kappa shape index (κ3) is 6.52. The highest BCUT2D eigenvalue weighted by Gasteiger charge is 2.19. The van der Waals surface area contributed by atoms with E-state index in [0.29, 0.717) is 0 Å². The lowest BCUT2D eigenvalue weighted by Gasteiger charge is -2.29. The van der Waals surface area contributed by atoms with E-state index in [4.69, 9.17) is 4.42 Å². The third-order valence-electron chi connectivity index (χ3n) is 10.7. The summed E-state index contributed by atoms with van der Waals surface area (Å²) in [7, 11) is 0. The summed E-state index contributed by atoms with van der Waals surface area (Å²) in [6, 6.07) is 81.7. The van der Waals surface area contributed by atoms with Crippen LogP contribution in [-0.4, -0.2) is 0 Å². The Hall–Kier alpha value is -7.62. The molecule has 0 spiro atoms. The minimum Gasteiger partial charge on any atom is -0.456 e. The SMILES string of the molecule is c1ccc(-c2ccc(N(c3ccc(-c4cccc5oc6ccccc6c45)cc3)c3cccc(-c4ccccc4N(c4ccccc4)c4ccccc4)c3)cc2)cc1. The predicted molar refractivity (Wildman–Crippen MR) is 239 cm³/mol. The maximum Gasteiger partial charge on any atom is 0.136 e. The molecule has 0 aliphatic carbocycles. The largest absolute Gasteiger partial charge is 0.456 e. The van der Waals surface area contributed by atoms with Crippen LogP contribution in [0.4, 0.5) is 34.1 Å². The molecule has 10 aromatic rings. The number of rotatable bonds is 9. The highest BCUT2D eigenvalue weighted by atomic mass is 16.3. The zero-order valence-electron chi connectivity index (χ0n) is 31.2. The first kappa shape index (κ1) is 33.9. The zero-order valence-corrected chi connectivity index (χ0v) is 31.2. The lowest BCUT2D eigenvalue weighted by atomic mass is 9.98. The van der Waals surface area contributed by atoms with Crippen LogP contribution in [0.1, 0.15) is 0 Å². The van der Waals surface area contributed by atoms with Gasteiger partial charge in [-0.05, 0) is 107 Å². The minimum atomic E-state index is 0.896. The molecule has 0 aliphatic rings. The monoisotopic (exact) mass is 730 g/mol. The van der Waals surface area contributed by atoms with Crippen LogP contribution in [0.15, 0.2) is 235 Å². The number of benzene rings is 9. The van der Waals surface area contributed by atoms with Crippen LogP contribution in [0.3, 0.4) is 0 Å². The predicted octanol–water partition coefficient (Wildman–Crippen LogP) is 15.5. The van der Waals surface area contributed by atoms with Gasteiger partial charge in [0.05, 0.1) is 5.69 Å². The molecule has 270 valence electrons. The standard InChI is InChI=1S/C54H38N2O/c1-4-16-39(17-5-1)40-30-34-45(35-31-40)55(46-36-32-41(33-37-46)49-26-15-29-53-54(49)50-25-11-13-28-52(50)57-53)47-23-14-18-42(38-47)48-24-10-12-27-51(48)56(43-19-6-2-7-20-43)44-21-8-3-9-22-44/h1-38H. The smallest absolute Gasteiger partial charge is 0.136 e. The molecule has 9 aromatic carbocycles. The highest BCUT2D eigenvalue weighted by Crippen LogP contribution is 2.44. The molecule has 0 fully saturated rings. The van der Waals surface area contributed by atoms with Crippen molar-refractivity contribution in [1.29, 1.82) is 0 Å². The number of fused-ring (bicyclic) bond motifs is 3. The summed E-state index contributed by atoms with van der Waals surface area (Å²) in [6.07, 6.45) is 0. The molecule has 57 heavy (non-hydrogen) atoms. The van der Waals surface area contributed by atoms with Crippen molar-refractivity contribution in [3.8, 4) is 33.4 Å². The number of para-hydroxylation sites is 4. The average molecular weight is 731 g/mol. The number of nitrogens with zero attached hydrogens (tertiary/aromatic N) is 2. The molecule has 3 nitrogen and oxygen atoms in total. The second-order valence-electron chi connectivity index (χ2n) is 14.1. The summed E-state index contributed by atoms with van der Waals surface area (Å²) >= 11 is 0. The van der Waals surface area contributed by atoms with Gasteiger partial charge in [-0.2, -0.15) is 0 Å². The molecule has 0 atom stereocenters. The maximum absolute atomic E-state index is 6.24. The molecule has 10 rings (SSSR count). The van der Waals surface area contributed by atoms with Gasteiger partial charge in [0.2, 0.25) is 0 Å². The molecule has 3 heteroatoms. The Morgan fingerprint density at radius 2 is 0.754 bits per heavy atom. The van der Waals surface area contributed by atoms with Gasteiger partial charge in [-0.1, -0.05) is 152 Å². The van der Waals surface area contributed by atoms with Crippen molar-refractivity contribution in [2.45, 2.75) is 0 Å². The Bertz CT molecular complexity index is 2900. The van der Waals surface area contributed by atoms with E-state index >= 15 is 0 Å². The number of furan rings is 1. The van der Waals surface area contributed by atoms with Gasteiger partial charge in [0.1, 0.15) is 11.2 Å². The summed E-state index contributed by atoms with van der Waals surface area (Å²) in [6.45, 7) is 0. The fourth-order valence-electron chi connectivity index (χ4n) is 7.99. The lowest BCUT2D eigenvalue weighted by molar-refractivity contribution is 0.669. The normalized spacial score (nSPS) is 11.2. The summed E-state index contributed by atoms with van der Waals surface area (Å²) < 4.78 is 6.24. The Kier molecular flexibility index (Phi) is 8.86. The summed E-state index contributed by atoms with van der Waals surface area (Å²) in [5.41, 5.74) is 15.3. The van der Waals surface area contributed by atoms with Gasteiger partial charge in [-0.25, -0.2) is 0 Å². The summed E-state index contributed by atoms with van der Waals surface area (Å²) in [5.74, 6) is 0. The van der Waals surface area contributed by atoms with Crippen LogP contribution in [0.25, 0.3) is 55.3 Å². The van der Waals surface area contributed by atoms with Crippen LogP contribution >= 0.6 is 0 Å². The van der Waals surface area contributed by atoms with E-state index in [1.165, 1.54) is 11.1 Å². The second-order valence-corrected chi connectivity index (χ2v) is 14.1. The third-order valence-corrected chi connectivity index (χ3v) is 10.7. The van der Waals surface area contributed by atoms with Crippen LogP contribution < -0.4 is 9.80 Å². The Labute approximate surface area is 333 Å². The molecule has 0 amide bonds. The van der Waals surface area contributed by atoms with E-state index in [0.717, 1.165) is 78.3 Å². The molecule has 0 radical (unpaired) electrons. The molecule has 0 saturated carbocycles. The minimum absolute atomic E-state index is 0.896. The maximum atomic E-state index is 6.24. The van der Waals surface area contributed by atoms with E-state index < -0.39 is 0 Å². The first-order valence-electron chi connectivity index (χ1n) is 19.3. The molecule has 0 bridgehead atoms. The van der Waals surface area contributed by atoms with Crippen LogP contribution in [-0.2, 0) is 0 Å². The van der Waals surface area contributed by atoms with Crippen molar-refractivity contribution in [3.05, 3.63) is 231 Å². The van der Waals surface area contributed by atoms with E-state index in [9.17, 15) is 0 Å². The second kappa shape index (κ2) is 14.9. The highest BCUT2D eigenvalue weighted by molar-refractivity contribution is 6.12. The van der Waals surface area contributed by atoms with Crippen LogP contribution in [0.5, 0.6) is 0 Å². The van der Waals surface area contributed by atoms with Crippen LogP contribution in [0.2, 0.25) is 0 Å². The Balaban J connectivity index is 1.09. The van der Waals surface area contributed by atoms with Gasteiger partial charge in [0.15, 0.2) is 0 Å². The van der Waals surface area contributed by atoms with Crippen molar-refractivity contribution >= 4 is 56.1 Å². The van der Waals surface area contributed by atoms with Crippen molar-refractivity contribution in [3.63, 3.8) is 0 Å². The van der Waals surface area contributed by atoms with E-state index in [2.05, 4.69) is 228 Å². The van der Waals surface area contributed by atoms with Gasteiger partial charge in [0, 0.05) is 44.8 Å². The summed E-state index contributed by atoms with van der Waals surface area (Å²) in [5, 5.41) is 2.27. The van der Waals surface area contributed by atoms with Gasteiger partial charge in [-0.15, -0.1) is 0 Å². The van der Waals surface area contributed by atoms with Gasteiger partial charge >= 0.3 is 0 Å². The van der Waals surface area contributed by atoms with E-state index in [1.807, 2.05) is 12.1 Å². The number of hydrogen-bond acceptors (Lipinski definition) is 3. The van der Waals surface area contributed by atoms with Crippen molar-refractivity contribution in [2.24, 2.45) is 0 Å². The van der Waals surface area contributed by atoms with E-state index in [1.54, 1.807) is 0 Å². The Morgan fingerprint density at radius 3 is 1.46 bits per heavy atom. The van der Waals surface area contributed by atoms with Crippen molar-refractivity contribution in [1.82, 2.24) is 0 Å². The van der Waals surface area contributed by atoms with Crippen molar-refractivity contribution in [2.75, 3.05) is 9.80 Å². The van der Waals surface area contributed by atoms with E-state index in [-0.39, 0.29) is 0 Å². The van der Waals surface area contributed by atoms with Gasteiger partial charge in [-0.3, -0.25) is 0 Å². The lowest BCUT2D eigenvalue weighted by Crippen LogP contribution is -2.11. The molecular formula is C54H38N2O. The van der Waals surface area contributed by atoms with Gasteiger partial charge < -0.3 is 14.2 Å². The molecule has 1 aromatic heterocycles. The fraction of sp³-hybridized carbons (Fsp3) is 0. The van der Waals surface area contributed by atoms with Crippen LogP contribution in [0, 0.1) is 0 Å². The summed E-state index contributed by atoms with van der Waals surface area (Å²) in [4.78, 5) is 4.69. The Morgan fingerprint density at radius 1 is 0.281 bits per heavy atom. The first-order chi connectivity index (χ1) is 28.3. The molecule has 0 saturated heterocycles. The number of hydrogen-bond donors (Lipinski definition) is 0. The molecule has 0 aliphatic heterocycles.